The first-order chi connectivity index (χ1) is 7.40. The second-order valence-electron chi connectivity index (χ2n) is 3.22. The molecular weight excluding hydrogens is 184 g/mol. The minimum absolute atomic E-state index is 0.626. The first kappa shape index (κ1) is 9.61. The van der Waals surface area contributed by atoms with Gasteiger partial charge in [-0.3, -0.25) is 0 Å². The van der Waals surface area contributed by atoms with E-state index in [1.54, 1.807) is 0 Å². The van der Waals surface area contributed by atoms with E-state index in [1.165, 1.54) is 10.8 Å². The summed E-state index contributed by atoms with van der Waals surface area (Å²) in [4.78, 5) is 0. The summed E-state index contributed by atoms with van der Waals surface area (Å²) in [6.07, 6.45) is 2.67. The molecule has 0 heterocycles. The number of benzene rings is 2. The summed E-state index contributed by atoms with van der Waals surface area (Å²) >= 11 is 0. The lowest BCUT2D eigenvalue weighted by Gasteiger charge is -1.97. The molecule has 0 unspecified atom stereocenters. The standard InChI is InChI=1S/C14H12O/c1-2-15-10-9-12-7-8-13-5-3-4-6-14(13)11-12/h3-8,11H,2H2,1H3. The third-order valence-corrected chi connectivity index (χ3v) is 2.16. The predicted molar refractivity (Wildman–Crippen MR) is 62.5 cm³/mol. The Labute approximate surface area is 89.7 Å². The van der Waals surface area contributed by atoms with Crippen LogP contribution in [-0.4, -0.2) is 6.61 Å². The quantitative estimate of drug-likeness (QED) is 0.636. The van der Waals surface area contributed by atoms with Crippen molar-refractivity contribution in [2.24, 2.45) is 0 Å². The van der Waals surface area contributed by atoms with Gasteiger partial charge in [-0.1, -0.05) is 30.3 Å². The number of ether oxygens (including phenoxy) is 1. The molecule has 2 aromatic rings. The predicted octanol–water partition coefficient (Wildman–Crippen LogP) is 3.19. The number of rotatable bonds is 1. The molecule has 0 aliphatic heterocycles. The van der Waals surface area contributed by atoms with Crippen molar-refractivity contribution in [1.29, 1.82) is 0 Å². The number of hydrogen-bond donors (Lipinski definition) is 0. The summed E-state index contributed by atoms with van der Waals surface area (Å²) in [7, 11) is 0. The fourth-order valence-corrected chi connectivity index (χ4v) is 1.43. The van der Waals surface area contributed by atoms with Crippen molar-refractivity contribution < 1.29 is 4.74 Å². The van der Waals surface area contributed by atoms with Crippen molar-refractivity contribution in [3.63, 3.8) is 0 Å². The van der Waals surface area contributed by atoms with Gasteiger partial charge in [0, 0.05) is 5.56 Å². The molecule has 0 aromatic heterocycles. The Kier molecular flexibility index (Phi) is 2.90. The van der Waals surface area contributed by atoms with Crippen molar-refractivity contribution >= 4 is 10.8 Å². The highest BCUT2D eigenvalue weighted by Crippen LogP contribution is 2.14. The first-order valence-corrected chi connectivity index (χ1v) is 5.02. The molecule has 15 heavy (non-hydrogen) atoms. The van der Waals surface area contributed by atoms with Gasteiger partial charge in [-0.05, 0) is 35.7 Å². The van der Waals surface area contributed by atoms with E-state index in [0.29, 0.717) is 6.61 Å². The summed E-state index contributed by atoms with van der Waals surface area (Å²) < 4.78 is 4.99. The molecule has 74 valence electrons. The summed E-state index contributed by atoms with van der Waals surface area (Å²) in [6.45, 7) is 2.55. The van der Waals surface area contributed by atoms with E-state index >= 15 is 0 Å². The Morgan fingerprint density at radius 2 is 1.87 bits per heavy atom. The first-order valence-electron chi connectivity index (χ1n) is 5.02. The maximum absolute atomic E-state index is 4.99. The zero-order chi connectivity index (χ0) is 10.5. The molecule has 0 N–H and O–H groups in total. The molecule has 0 fully saturated rings. The maximum Gasteiger partial charge on any atom is 0.115 e. The average molecular weight is 196 g/mol. The fraction of sp³-hybridized carbons (Fsp3) is 0.143. The molecule has 0 atom stereocenters. The van der Waals surface area contributed by atoms with Gasteiger partial charge >= 0.3 is 0 Å². The normalized spacial score (nSPS) is 9.40. The molecule has 0 aliphatic rings. The van der Waals surface area contributed by atoms with Crippen LogP contribution in [-0.2, 0) is 4.74 Å². The SMILES string of the molecule is CCOC#Cc1ccc2ccccc2c1. The van der Waals surface area contributed by atoms with Gasteiger partial charge in [0.2, 0.25) is 0 Å². The van der Waals surface area contributed by atoms with E-state index in [2.05, 4.69) is 36.3 Å². The van der Waals surface area contributed by atoms with E-state index in [1.807, 2.05) is 25.1 Å². The molecule has 1 heteroatoms. The molecule has 0 amide bonds. The van der Waals surface area contributed by atoms with Gasteiger partial charge in [0.15, 0.2) is 0 Å². The third-order valence-electron chi connectivity index (χ3n) is 2.16. The second-order valence-corrected chi connectivity index (χ2v) is 3.22. The zero-order valence-electron chi connectivity index (χ0n) is 8.66. The fourth-order valence-electron chi connectivity index (χ4n) is 1.43. The highest BCUT2D eigenvalue weighted by molar-refractivity contribution is 5.83. The van der Waals surface area contributed by atoms with Gasteiger partial charge in [0.1, 0.15) is 6.11 Å². The molecular formula is C14H12O. The van der Waals surface area contributed by atoms with Crippen LogP contribution in [0.3, 0.4) is 0 Å². The van der Waals surface area contributed by atoms with E-state index in [-0.39, 0.29) is 0 Å². The largest absolute Gasteiger partial charge is 0.447 e. The van der Waals surface area contributed by atoms with Crippen LogP contribution in [0.5, 0.6) is 0 Å². The minimum atomic E-state index is 0.626. The Balaban J connectivity index is 2.36. The van der Waals surface area contributed by atoms with Crippen molar-refractivity contribution in [2.45, 2.75) is 6.92 Å². The molecule has 2 rings (SSSR count). The van der Waals surface area contributed by atoms with E-state index < -0.39 is 0 Å². The van der Waals surface area contributed by atoms with Crippen molar-refractivity contribution in [1.82, 2.24) is 0 Å². The van der Waals surface area contributed by atoms with Crippen LogP contribution in [0.2, 0.25) is 0 Å². The van der Waals surface area contributed by atoms with Gasteiger partial charge in [-0.15, -0.1) is 0 Å². The van der Waals surface area contributed by atoms with Crippen molar-refractivity contribution in [3.05, 3.63) is 48.0 Å². The van der Waals surface area contributed by atoms with Crippen LogP contribution < -0.4 is 0 Å². The lowest BCUT2D eigenvalue weighted by molar-refractivity contribution is 0.299. The highest BCUT2D eigenvalue weighted by Gasteiger charge is 1.92. The lowest BCUT2D eigenvalue weighted by Crippen LogP contribution is -1.79. The van der Waals surface area contributed by atoms with Crippen LogP contribution in [0.25, 0.3) is 10.8 Å². The molecule has 0 saturated heterocycles. The monoisotopic (exact) mass is 196 g/mol. The Hall–Kier alpha value is -1.94. The van der Waals surface area contributed by atoms with Gasteiger partial charge < -0.3 is 4.74 Å². The summed E-state index contributed by atoms with van der Waals surface area (Å²) in [5.41, 5.74) is 0.988. The molecule has 2 aromatic carbocycles. The summed E-state index contributed by atoms with van der Waals surface area (Å²) in [5, 5.41) is 2.44. The Bertz CT molecular complexity index is 517. The maximum atomic E-state index is 4.99. The Morgan fingerprint density at radius 1 is 1.07 bits per heavy atom. The molecule has 0 aliphatic carbocycles. The Morgan fingerprint density at radius 3 is 2.67 bits per heavy atom. The minimum Gasteiger partial charge on any atom is -0.447 e. The van der Waals surface area contributed by atoms with Crippen molar-refractivity contribution in [3.8, 4) is 12.0 Å². The van der Waals surface area contributed by atoms with Gasteiger partial charge in [-0.25, -0.2) is 0 Å². The summed E-state index contributed by atoms with van der Waals surface area (Å²) in [5.74, 6) is 2.97. The third kappa shape index (κ3) is 2.30. The van der Waals surface area contributed by atoms with Crippen molar-refractivity contribution in [2.75, 3.05) is 6.61 Å². The second kappa shape index (κ2) is 4.52. The topological polar surface area (TPSA) is 9.23 Å². The average Bonchev–Trinajstić information content (AvgIpc) is 2.29. The molecule has 0 bridgehead atoms. The highest BCUT2D eigenvalue weighted by atomic mass is 16.5. The molecule has 1 nitrogen and oxygen atoms in total. The molecule has 0 saturated carbocycles. The number of fused-ring (bicyclic) bond motifs is 1. The summed E-state index contributed by atoms with van der Waals surface area (Å²) in [6, 6.07) is 14.4. The molecule has 0 radical (unpaired) electrons. The molecule has 0 spiro atoms. The van der Waals surface area contributed by atoms with Gasteiger partial charge in [-0.2, -0.15) is 0 Å². The van der Waals surface area contributed by atoms with Crippen LogP contribution in [0, 0.1) is 12.0 Å². The van der Waals surface area contributed by atoms with E-state index in [0.717, 1.165) is 5.56 Å². The van der Waals surface area contributed by atoms with E-state index in [9.17, 15) is 0 Å². The van der Waals surface area contributed by atoms with E-state index in [4.69, 9.17) is 4.74 Å². The van der Waals surface area contributed by atoms with Gasteiger partial charge in [0.05, 0.1) is 6.61 Å². The van der Waals surface area contributed by atoms with Gasteiger partial charge in [0.25, 0.3) is 0 Å². The van der Waals surface area contributed by atoms with Crippen LogP contribution in [0.4, 0.5) is 0 Å². The van der Waals surface area contributed by atoms with Crippen LogP contribution >= 0.6 is 0 Å². The zero-order valence-corrected chi connectivity index (χ0v) is 8.66. The van der Waals surface area contributed by atoms with Crippen LogP contribution in [0.15, 0.2) is 42.5 Å². The number of hydrogen-bond acceptors (Lipinski definition) is 1. The lowest BCUT2D eigenvalue weighted by atomic mass is 10.1. The smallest absolute Gasteiger partial charge is 0.115 e. The van der Waals surface area contributed by atoms with Crippen LogP contribution in [0.1, 0.15) is 12.5 Å².